The summed E-state index contributed by atoms with van der Waals surface area (Å²) in [5.41, 5.74) is 17.7. The first-order valence-electron chi connectivity index (χ1n) is 12.7. The summed E-state index contributed by atoms with van der Waals surface area (Å²) < 4.78 is 86.1. The van der Waals surface area contributed by atoms with Crippen molar-refractivity contribution >= 4 is 58.0 Å². The van der Waals surface area contributed by atoms with Crippen molar-refractivity contribution in [3.8, 4) is 0 Å². The number of alkyl halides is 1. The molecule has 4 aromatic heterocycles. The average Bonchev–Trinajstić information content (AvgIpc) is 3.72. The van der Waals surface area contributed by atoms with Gasteiger partial charge in [-0.3, -0.25) is 13.3 Å². The van der Waals surface area contributed by atoms with E-state index >= 15 is 4.39 Å². The number of imidazole rings is 1. The van der Waals surface area contributed by atoms with E-state index in [1.165, 1.54) is 6.33 Å². The number of aromatic nitrogens is 9. The van der Waals surface area contributed by atoms with Crippen LogP contribution in [0.3, 0.4) is 0 Å². The number of nitrogens with two attached hydrogens (primary N) is 3. The lowest BCUT2D eigenvalue weighted by Crippen LogP contribution is -2.44. The predicted octanol–water partition coefficient (Wildman–Crippen LogP) is -2.57. The molecular formula is C19H22FN13O9PS-. The van der Waals surface area contributed by atoms with Crippen molar-refractivity contribution in [2.75, 3.05) is 30.4 Å². The summed E-state index contributed by atoms with van der Waals surface area (Å²) in [7, 11) is -9.83. The molecular weight excluding hydrogens is 636 g/mol. The molecule has 0 radical (unpaired) electrons. The molecule has 3 saturated heterocycles. The molecule has 236 valence electrons. The van der Waals surface area contributed by atoms with Crippen LogP contribution in [0.4, 0.5) is 22.0 Å². The van der Waals surface area contributed by atoms with Crippen LogP contribution in [0, 0.1) is 0 Å². The number of hydrogen-bond donors (Lipinski definition) is 4. The first-order chi connectivity index (χ1) is 20.9. The van der Waals surface area contributed by atoms with Crippen LogP contribution in [0.25, 0.3) is 22.3 Å². The monoisotopic (exact) mass is 658 g/mol. The van der Waals surface area contributed by atoms with Gasteiger partial charge in [-0.2, -0.15) is 27.8 Å². The van der Waals surface area contributed by atoms with Crippen LogP contribution in [0.2, 0.25) is 0 Å². The second-order valence-corrected chi connectivity index (χ2v) is 12.6. The highest BCUT2D eigenvalue weighted by atomic mass is 32.2. The average molecular weight is 659 g/mol. The van der Waals surface area contributed by atoms with Crippen LogP contribution in [-0.2, 0) is 37.6 Å². The molecule has 0 spiro atoms. The normalized spacial score (nSPS) is 34.4. The van der Waals surface area contributed by atoms with Crippen molar-refractivity contribution < 1.29 is 45.0 Å². The van der Waals surface area contributed by atoms with Gasteiger partial charge in [0.25, 0.3) is 7.82 Å². The Bertz CT molecular complexity index is 1910. The number of rotatable bonds is 2. The Morgan fingerprint density at radius 3 is 2.68 bits per heavy atom. The van der Waals surface area contributed by atoms with Crippen molar-refractivity contribution in [3.63, 3.8) is 0 Å². The molecule has 22 nitrogen and oxygen atoms in total. The molecule has 7 N–H and O–H groups in total. The summed E-state index contributed by atoms with van der Waals surface area (Å²) in [6.07, 6.45) is -8.59. The molecule has 3 aliphatic rings. The molecule has 7 rings (SSSR count). The number of nitrogen functional groups attached to an aromatic ring is 3. The highest BCUT2D eigenvalue weighted by Crippen LogP contribution is 2.47. The SMILES string of the molecule is Nc1nc(N)c2nnn([C@H]3C[C@@H]4OS(=O)(=O)NC[C@H]5O[C@@H](n6cnc7c(N)ncnc76)[C@H](F)[C@@H]5OP(=O)([O-])OC[C@H]4O3)c2n1. The molecule has 4 aromatic rings. The Balaban J connectivity index is 1.15. The van der Waals surface area contributed by atoms with E-state index in [1.54, 1.807) is 0 Å². The first kappa shape index (κ1) is 29.0. The van der Waals surface area contributed by atoms with Gasteiger partial charge in [0.2, 0.25) is 5.95 Å². The molecule has 3 aliphatic heterocycles. The van der Waals surface area contributed by atoms with Gasteiger partial charge >= 0.3 is 10.3 Å². The van der Waals surface area contributed by atoms with Gasteiger partial charge in [0.1, 0.15) is 36.3 Å². The fourth-order valence-electron chi connectivity index (χ4n) is 5.15. The Labute approximate surface area is 244 Å². The number of hydrogen-bond acceptors (Lipinski definition) is 19. The van der Waals surface area contributed by atoms with Gasteiger partial charge in [-0.15, -0.1) is 5.10 Å². The quantitative estimate of drug-likeness (QED) is 0.161. The highest BCUT2D eigenvalue weighted by molar-refractivity contribution is 7.84. The van der Waals surface area contributed by atoms with E-state index in [9.17, 15) is 17.9 Å². The van der Waals surface area contributed by atoms with E-state index < -0.39 is 74.3 Å². The van der Waals surface area contributed by atoms with Gasteiger partial charge in [-0.05, 0) is 0 Å². The van der Waals surface area contributed by atoms with E-state index in [1.807, 2.05) is 0 Å². The second-order valence-electron chi connectivity index (χ2n) is 9.88. The number of fused-ring (bicyclic) bond motifs is 4. The zero-order valence-electron chi connectivity index (χ0n) is 22.0. The maximum absolute atomic E-state index is 15.8. The molecule has 3 fully saturated rings. The third-order valence-electron chi connectivity index (χ3n) is 7.11. The van der Waals surface area contributed by atoms with E-state index in [0.717, 1.165) is 15.6 Å². The fraction of sp³-hybridized carbons (Fsp3) is 0.526. The van der Waals surface area contributed by atoms with Crippen molar-refractivity contribution in [3.05, 3.63) is 12.7 Å². The van der Waals surface area contributed by atoms with Crippen LogP contribution < -0.4 is 26.8 Å². The van der Waals surface area contributed by atoms with Crippen molar-refractivity contribution in [1.82, 2.24) is 49.2 Å². The van der Waals surface area contributed by atoms with E-state index in [2.05, 4.69) is 40.0 Å². The number of phosphoric acid groups is 1. The maximum atomic E-state index is 15.8. The predicted molar refractivity (Wildman–Crippen MR) is 139 cm³/mol. The summed E-state index contributed by atoms with van der Waals surface area (Å²) in [4.78, 5) is 32.6. The van der Waals surface area contributed by atoms with Crippen molar-refractivity contribution in [2.45, 2.75) is 49.5 Å². The molecule has 25 heteroatoms. The Kier molecular flexibility index (Phi) is 6.87. The summed E-state index contributed by atoms with van der Waals surface area (Å²) in [6.45, 7) is -1.43. The number of halogens is 1. The molecule has 44 heavy (non-hydrogen) atoms. The van der Waals surface area contributed by atoms with Gasteiger partial charge in [0, 0.05) is 13.0 Å². The largest absolute Gasteiger partial charge is 0.756 e. The van der Waals surface area contributed by atoms with Gasteiger partial charge in [0.05, 0.1) is 12.9 Å². The number of anilines is 3. The van der Waals surface area contributed by atoms with Gasteiger partial charge < -0.3 is 40.6 Å². The third-order valence-corrected chi connectivity index (χ3v) is 9.10. The zero-order chi connectivity index (χ0) is 31.0. The van der Waals surface area contributed by atoms with Crippen LogP contribution in [0.5, 0.6) is 0 Å². The molecule has 0 aliphatic carbocycles. The minimum Gasteiger partial charge on any atom is -0.756 e. The van der Waals surface area contributed by atoms with Crippen LogP contribution in [-0.4, -0.2) is 96.6 Å². The standard InChI is InChI=1S/C19H23FN13O9PS/c20-10-13-7(40-18(10)32-5-26-11-14(21)24-4-25-16(11)32)2-27-44(36,37)42-6-1-9(39-8(6)3-38-43(34,35)41-13)33-17-12(30-31-33)15(22)28-19(23)29-17/h4-10,13,18,27H,1-3H2,(H,34,35)(H2,21,24,25)(H4,22,23,28,29)/p-1/t6-,7+,8+,9+,10+,13+,18+/m0/s1. The summed E-state index contributed by atoms with van der Waals surface area (Å²) in [5, 5.41) is 7.83. The maximum Gasteiger partial charge on any atom is 0.336 e. The van der Waals surface area contributed by atoms with Crippen LogP contribution in [0.15, 0.2) is 12.7 Å². The fourth-order valence-corrected chi connectivity index (χ4v) is 7.06. The number of nitrogens with zero attached hydrogens (tertiary/aromatic N) is 9. The van der Waals surface area contributed by atoms with Gasteiger partial charge in [-0.1, -0.05) is 5.21 Å². The van der Waals surface area contributed by atoms with Crippen molar-refractivity contribution in [2.24, 2.45) is 0 Å². The van der Waals surface area contributed by atoms with Crippen molar-refractivity contribution in [1.29, 1.82) is 0 Å². The molecule has 8 atom stereocenters. The molecule has 1 unspecified atom stereocenters. The number of phosphoric ester groups is 1. The topological polar surface area (TPSA) is 311 Å². The Morgan fingerprint density at radius 1 is 1.05 bits per heavy atom. The Hall–Kier alpha value is -3.74. The lowest BCUT2D eigenvalue weighted by molar-refractivity contribution is -0.235. The summed E-state index contributed by atoms with van der Waals surface area (Å²) in [6, 6.07) is 0. The summed E-state index contributed by atoms with van der Waals surface area (Å²) >= 11 is 0. The molecule has 0 bridgehead atoms. The minimum atomic E-state index is -5.26. The van der Waals surface area contributed by atoms with Crippen LogP contribution in [0.1, 0.15) is 18.9 Å². The van der Waals surface area contributed by atoms with Crippen LogP contribution >= 0.6 is 7.82 Å². The molecule has 0 aromatic carbocycles. The lowest BCUT2D eigenvalue weighted by Gasteiger charge is -2.31. The van der Waals surface area contributed by atoms with Gasteiger partial charge in [-0.25, -0.2) is 19.3 Å². The zero-order valence-corrected chi connectivity index (χ0v) is 23.7. The molecule has 0 amide bonds. The van der Waals surface area contributed by atoms with E-state index in [-0.39, 0.29) is 46.3 Å². The number of ether oxygens (including phenoxy) is 2. The minimum absolute atomic E-state index is 0.0146. The van der Waals surface area contributed by atoms with E-state index in [4.69, 9.17) is 39.9 Å². The summed E-state index contributed by atoms with van der Waals surface area (Å²) in [5.74, 6) is -0.224. The number of nitrogens with one attached hydrogen (secondary N) is 1. The second kappa shape index (κ2) is 10.4. The Morgan fingerprint density at radius 2 is 1.86 bits per heavy atom. The van der Waals surface area contributed by atoms with E-state index in [0.29, 0.717) is 0 Å². The smallest absolute Gasteiger partial charge is 0.336 e. The molecule has 0 saturated carbocycles. The highest BCUT2D eigenvalue weighted by Gasteiger charge is 2.50. The molecule has 7 heterocycles. The first-order valence-corrected chi connectivity index (χ1v) is 15.6. The van der Waals surface area contributed by atoms with Gasteiger partial charge in [0.15, 0.2) is 47.1 Å². The lowest BCUT2D eigenvalue weighted by atomic mass is 10.1. The third kappa shape index (κ3) is 5.08.